The number of carbonyl (C=O) groups excluding carboxylic acids is 1. The quantitative estimate of drug-likeness (QED) is 0.570. The summed E-state index contributed by atoms with van der Waals surface area (Å²) >= 11 is 0. The van der Waals surface area contributed by atoms with Crippen molar-refractivity contribution in [2.75, 3.05) is 6.54 Å². The normalized spacial score (nSPS) is 22.7. The molecule has 1 aliphatic heterocycles. The Morgan fingerprint density at radius 1 is 0.885 bits per heavy atom. The van der Waals surface area contributed by atoms with Gasteiger partial charge in [0.25, 0.3) is 0 Å². The van der Waals surface area contributed by atoms with Crippen molar-refractivity contribution < 1.29 is 21.9 Å². The molecule has 2 nitrogen and oxygen atoms in total. The molecule has 26 heavy (non-hydrogen) atoms. The summed E-state index contributed by atoms with van der Waals surface area (Å²) in [6.45, 7) is 0.702. The van der Waals surface area contributed by atoms with Crippen LogP contribution < -0.4 is 0 Å². The van der Waals surface area contributed by atoms with Gasteiger partial charge in [-0.3, -0.25) is 4.79 Å². The molecule has 0 N–H and O–H groups in total. The summed E-state index contributed by atoms with van der Waals surface area (Å²) in [4.78, 5) is 14.2. The fourth-order valence-corrected chi connectivity index (χ4v) is 3.01. The standard InChI is InChI=1S/C18H18NO.C5H5.Fe/c20-18-12-6-11-17(13-15-7-2-1-3-8-15)19(18)14-16-9-4-5-10-16;1-2-4-5-3-1;/h1-11,17H,12-14H2;1-5H;/q;;+2/t17-;;/m1../s1. The van der Waals surface area contributed by atoms with E-state index < -0.39 is 0 Å². The van der Waals surface area contributed by atoms with Crippen molar-refractivity contribution in [3.63, 3.8) is 0 Å². The maximum absolute atomic E-state index is 12.2. The first kappa shape index (κ1) is 21.3. The molecule has 0 spiro atoms. The number of carbonyl (C=O) groups is 1. The molecule has 3 heteroatoms. The Morgan fingerprint density at radius 3 is 2.12 bits per heavy atom. The van der Waals surface area contributed by atoms with Gasteiger partial charge >= 0.3 is 17.1 Å². The molecule has 1 amide bonds. The van der Waals surface area contributed by atoms with Gasteiger partial charge in [0.05, 0.1) is 6.04 Å². The fourth-order valence-electron chi connectivity index (χ4n) is 3.01. The number of rotatable bonds is 4. The van der Waals surface area contributed by atoms with Crippen LogP contribution in [0.2, 0.25) is 0 Å². The van der Waals surface area contributed by atoms with Gasteiger partial charge in [0.2, 0.25) is 5.91 Å². The molecule has 0 bridgehead atoms. The minimum absolute atomic E-state index is 0. The van der Waals surface area contributed by atoms with Crippen molar-refractivity contribution in [2.45, 2.75) is 18.9 Å². The van der Waals surface area contributed by atoms with Crippen molar-refractivity contribution >= 4 is 5.91 Å². The second-order valence-corrected chi connectivity index (χ2v) is 6.17. The zero-order chi connectivity index (χ0) is 17.3. The Morgan fingerprint density at radius 2 is 1.50 bits per heavy atom. The Balaban J connectivity index is 0.000000351. The molecule has 1 aromatic carbocycles. The summed E-state index contributed by atoms with van der Waals surface area (Å²) < 4.78 is 0. The molecule has 1 atom stereocenters. The molecular formula is C23H23FeNO+2. The van der Waals surface area contributed by atoms with E-state index in [1.807, 2.05) is 74.1 Å². The summed E-state index contributed by atoms with van der Waals surface area (Å²) in [5, 5.41) is 0. The monoisotopic (exact) mass is 385 g/mol. The third-order valence-corrected chi connectivity index (χ3v) is 4.30. The van der Waals surface area contributed by atoms with Gasteiger partial charge in [0.15, 0.2) is 0 Å². The summed E-state index contributed by atoms with van der Waals surface area (Å²) in [6, 6.07) is 10.5. The molecule has 1 aromatic rings. The molecule has 0 aromatic heterocycles. The van der Waals surface area contributed by atoms with Crippen LogP contribution in [0.4, 0.5) is 0 Å². The Labute approximate surface area is 169 Å². The van der Waals surface area contributed by atoms with Crippen LogP contribution in [0.25, 0.3) is 0 Å². The number of hydrogen-bond donors (Lipinski definition) is 0. The van der Waals surface area contributed by atoms with Gasteiger partial charge in [-0.1, -0.05) is 42.5 Å². The Hall–Kier alpha value is -1.05. The van der Waals surface area contributed by atoms with Crippen LogP contribution in [0.3, 0.4) is 0 Å². The van der Waals surface area contributed by atoms with E-state index >= 15 is 0 Å². The largest absolute Gasteiger partial charge is 2.00 e. The summed E-state index contributed by atoms with van der Waals surface area (Å²) in [5.41, 5.74) is 1.27. The van der Waals surface area contributed by atoms with E-state index in [1.54, 1.807) is 0 Å². The first-order valence-corrected chi connectivity index (χ1v) is 8.70. The van der Waals surface area contributed by atoms with Crippen LogP contribution in [-0.4, -0.2) is 23.4 Å². The van der Waals surface area contributed by atoms with Crippen LogP contribution in [-0.2, 0) is 28.3 Å². The molecule has 2 fully saturated rings. The Bertz CT molecular complexity index is 539. The predicted molar refractivity (Wildman–Crippen MR) is 101 cm³/mol. The van der Waals surface area contributed by atoms with Crippen LogP contribution in [0.15, 0.2) is 42.5 Å². The van der Waals surface area contributed by atoms with Crippen molar-refractivity contribution in [1.82, 2.24) is 4.90 Å². The molecule has 0 saturated heterocycles. The smallest absolute Gasteiger partial charge is 0.335 e. The molecule has 132 valence electrons. The number of hydrogen-bond acceptors (Lipinski definition) is 1. The van der Waals surface area contributed by atoms with Crippen LogP contribution in [0.1, 0.15) is 12.0 Å². The molecule has 1 heterocycles. The van der Waals surface area contributed by atoms with Gasteiger partial charge in [0, 0.05) is 18.9 Å². The first-order valence-electron chi connectivity index (χ1n) is 8.70. The fraction of sp³-hybridized carbons (Fsp3) is 0.174. The third kappa shape index (κ3) is 6.59. The molecule has 2 saturated carbocycles. The van der Waals surface area contributed by atoms with E-state index in [-0.39, 0.29) is 29.0 Å². The topological polar surface area (TPSA) is 20.3 Å². The van der Waals surface area contributed by atoms with E-state index in [2.05, 4.69) is 31.1 Å². The van der Waals surface area contributed by atoms with Gasteiger partial charge in [-0.05, 0) is 69.8 Å². The summed E-state index contributed by atoms with van der Waals surface area (Å²) in [7, 11) is 0. The molecule has 3 aliphatic rings. The SMILES string of the molecule is O=C1CC=C[C@H](Cc2ccccc2)N1C[C]1[CH][CH][CH][CH]1.[CH]1[CH][CH][CH][CH]1.[Fe+2]. The average Bonchev–Trinajstić information content (AvgIpc) is 3.35. The summed E-state index contributed by atoms with van der Waals surface area (Å²) in [6.07, 6.45) is 23.7. The van der Waals surface area contributed by atoms with Crippen molar-refractivity contribution in [1.29, 1.82) is 0 Å². The van der Waals surface area contributed by atoms with Crippen molar-refractivity contribution in [3.8, 4) is 0 Å². The zero-order valence-electron chi connectivity index (χ0n) is 14.6. The zero-order valence-corrected chi connectivity index (χ0v) is 15.7. The van der Waals surface area contributed by atoms with E-state index in [1.165, 1.54) is 11.5 Å². The second-order valence-electron chi connectivity index (χ2n) is 6.17. The summed E-state index contributed by atoms with van der Waals surface area (Å²) in [5.74, 6) is 1.42. The molecule has 2 aliphatic carbocycles. The van der Waals surface area contributed by atoms with E-state index in [0.717, 1.165) is 6.42 Å². The second kappa shape index (κ2) is 11.6. The van der Waals surface area contributed by atoms with Crippen LogP contribution in [0, 0.1) is 63.7 Å². The minimum atomic E-state index is 0. The van der Waals surface area contributed by atoms with Crippen molar-refractivity contribution in [3.05, 3.63) is 112 Å². The van der Waals surface area contributed by atoms with Gasteiger partial charge < -0.3 is 4.90 Å². The molecule has 0 unspecified atom stereocenters. The minimum Gasteiger partial charge on any atom is -0.335 e. The van der Waals surface area contributed by atoms with Gasteiger partial charge in [-0.25, -0.2) is 0 Å². The van der Waals surface area contributed by atoms with Gasteiger partial charge in [0.1, 0.15) is 0 Å². The number of amides is 1. The molecule has 10 radical (unpaired) electrons. The number of benzene rings is 1. The maximum Gasteiger partial charge on any atom is 2.00 e. The van der Waals surface area contributed by atoms with Gasteiger partial charge in [-0.2, -0.15) is 0 Å². The van der Waals surface area contributed by atoms with Crippen LogP contribution >= 0.6 is 0 Å². The Kier molecular flexibility index (Phi) is 9.50. The third-order valence-electron chi connectivity index (χ3n) is 4.30. The van der Waals surface area contributed by atoms with E-state index in [4.69, 9.17) is 0 Å². The first-order chi connectivity index (χ1) is 12.3. The van der Waals surface area contributed by atoms with E-state index in [9.17, 15) is 4.79 Å². The predicted octanol–water partition coefficient (Wildman–Crippen LogP) is 3.81. The maximum atomic E-state index is 12.2. The van der Waals surface area contributed by atoms with Crippen LogP contribution in [0.5, 0.6) is 0 Å². The molecular weight excluding hydrogens is 362 g/mol. The molecule has 4 rings (SSSR count). The number of nitrogens with zero attached hydrogens (tertiary/aromatic N) is 1. The average molecular weight is 385 g/mol. The van der Waals surface area contributed by atoms with Crippen molar-refractivity contribution in [2.24, 2.45) is 0 Å². The van der Waals surface area contributed by atoms with E-state index in [0.29, 0.717) is 13.0 Å². The van der Waals surface area contributed by atoms with Gasteiger partial charge in [-0.15, -0.1) is 0 Å².